The van der Waals surface area contributed by atoms with Gasteiger partial charge in [0.15, 0.2) is 5.82 Å². The number of anilines is 3. The Balaban J connectivity index is 1.35. The molecule has 0 amide bonds. The van der Waals surface area contributed by atoms with Gasteiger partial charge in [0, 0.05) is 57.9 Å². The van der Waals surface area contributed by atoms with Crippen molar-refractivity contribution < 1.29 is 4.39 Å². The molecule has 0 unspecified atom stereocenters. The molecule has 4 rings (SSSR count). The van der Waals surface area contributed by atoms with Crippen molar-refractivity contribution in [1.29, 1.82) is 0 Å². The molecule has 1 fully saturated rings. The van der Waals surface area contributed by atoms with Crippen molar-refractivity contribution in [3.8, 4) is 0 Å². The molecule has 3 heterocycles. The van der Waals surface area contributed by atoms with Gasteiger partial charge in [-0.25, -0.2) is 4.39 Å². The Bertz CT molecular complexity index is 912. The van der Waals surface area contributed by atoms with Crippen molar-refractivity contribution in [2.24, 2.45) is 0 Å². The number of hydrogen-bond donors (Lipinski definition) is 0. The summed E-state index contributed by atoms with van der Waals surface area (Å²) in [5, 5.41) is 8.36. The van der Waals surface area contributed by atoms with Crippen LogP contribution in [0.3, 0.4) is 0 Å². The lowest BCUT2D eigenvalue weighted by molar-refractivity contribution is 0.623. The van der Waals surface area contributed by atoms with E-state index in [1.165, 1.54) is 17.7 Å². The molecule has 1 saturated heterocycles. The minimum absolute atomic E-state index is 0.208. The molecule has 150 valence electrons. The van der Waals surface area contributed by atoms with Gasteiger partial charge in [0.2, 0.25) is 5.95 Å². The van der Waals surface area contributed by atoms with Gasteiger partial charge in [0.05, 0.1) is 6.20 Å². The van der Waals surface area contributed by atoms with E-state index in [1.54, 1.807) is 18.6 Å². The highest BCUT2D eigenvalue weighted by molar-refractivity contribution is 5.49. The van der Waals surface area contributed by atoms with Crippen LogP contribution >= 0.6 is 0 Å². The van der Waals surface area contributed by atoms with E-state index >= 15 is 0 Å². The summed E-state index contributed by atoms with van der Waals surface area (Å²) in [6.07, 6.45) is 6.22. The number of pyridine rings is 1. The number of aromatic nitrogens is 4. The summed E-state index contributed by atoms with van der Waals surface area (Å²) in [4.78, 5) is 15.3. The van der Waals surface area contributed by atoms with Gasteiger partial charge in [-0.3, -0.25) is 4.98 Å². The SMILES string of the molecule is CN(CCc1ccncc1)c1nncc(N2CCN(c3ccc(F)cc3)CC2)n1. The zero-order valence-electron chi connectivity index (χ0n) is 16.4. The molecule has 1 aromatic carbocycles. The topological polar surface area (TPSA) is 61.3 Å². The third-order valence-electron chi connectivity index (χ3n) is 5.16. The van der Waals surface area contributed by atoms with E-state index < -0.39 is 0 Å². The Morgan fingerprint density at radius 2 is 1.66 bits per heavy atom. The van der Waals surface area contributed by atoms with Crippen LogP contribution in [0.4, 0.5) is 21.8 Å². The lowest BCUT2D eigenvalue weighted by atomic mass is 10.2. The standard InChI is InChI=1S/C21H24FN7/c1-27(11-8-17-6-9-23-10-7-17)21-25-20(16-24-26-21)29-14-12-28(13-15-29)19-4-2-18(22)3-5-19/h2-7,9-10,16H,8,11-15H2,1H3. The van der Waals surface area contributed by atoms with Crippen LogP contribution in [-0.2, 0) is 6.42 Å². The molecule has 3 aromatic rings. The molecule has 0 saturated carbocycles. The zero-order valence-corrected chi connectivity index (χ0v) is 16.4. The Morgan fingerprint density at radius 1 is 0.966 bits per heavy atom. The second-order valence-corrected chi connectivity index (χ2v) is 7.09. The van der Waals surface area contributed by atoms with E-state index in [4.69, 9.17) is 4.98 Å². The van der Waals surface area contributed by atoms with Crippen LogP contribution in [0.15, 0.2) is 55.0 Å². The summed E-state index contributed by atoms with van der Waals surface area (Å²) in [6.45, 7) is 4.16. The second kappa shape index (κ2) is 8.81. The summed E-state index contributed by atoms with van der Waals surface area (Å²) in [7, 11) is 1.98. The summed E-state index contributed by atoms with van der Waals surface area (Å²) in [5.41, 5.74) is 2.27. The summed E-state index contributed by atoms with van der Waals surface area (Å²) in [5.74, 6) is 1.25. The normalized spacial score (nSPS) is 14.1. The lowest BCUT2D eigenvalue weighted by Gasteiger charge is -2.36. The largest absolute Gasteiger partial charge is 0.368 e. The number of likely N-dealkylation sites (N-methyl/N-ethyl adjacent to an activating group) is 1. The van der Waals surface area contributed by atoms with Crippen molar-refractivity contribution in [2.75, 3.05) is 54.5 Å². The predicted octanol–water partition coefficient (Wildman–Crippen LogP) is 2.41. The van der Waals surface area contributed by atoms with E-state index in [2.05, 4.69) is 25.0 Å². The zero-order chi connectivity index (χ0) is 20.1. The van der Waals surface area contributed by atoms with Crippen LogP contribution in [-0.4, -0.2) is 59.9 Å². The minimum atomic E-state index is -0.208. The molecule has 0 bridgehead atoms. The third-order valence-corrected chi connectivity index (χ3v) is 5.16. The fourth-order valence-electron chi connectivity index (χ4n) is 3.39. The monoisotopic (exact) mass is 393 g/mol. The quantitative estimate of drug-likeness (QED) is 0.637. The molecule has 0 atom stereocenters. The van der Waals surface area contributed by atoms with Crippen molar-refractivity contribution in [2.45, 2.75) is 6.42 Å². The maximum absolute atomic E-state index is 13.1. The molecule has 0 aliphatic carbocycles. The van der Waals surface area contributed by atoms with Crippen molar-refractivity contribution >= 4 is 17.5 Å². The fraction of sp³-hybridized carbons (Fsp3) is 0.333. The Labute approximate surface area is 169 Å². The number of nitrogens with zero attached hydrogens (tertiary/aromatic N) is 7. The Kier molecular flexibility index (Phi) is 5.79. The van der Waals surface area contributed by atoms with E-state index in [9.17, 15) is 4.39 Å². The van der Waals surface area contributed by atoms with Crippen LogP contribution in [0.5, 0.6) is 0 Å². The molecule has 0 spiro atoms. The van der Waals surface area contributed by atoms with Gasteiger partial charge in [-0.2, -0.15) is 10.1 Å². The first-order chi connectivity index (χ1) is 14.2. The first kappa shape index (κ1) is 19.0. The molecule has 0 radical (unpaired) electrons. The summed E-state index contributed by atoms with van der Waals surface area (Å²) >= 11 is 0. The number of benzene rings is 1. The maximum Gasteiger partial charge on any atom is 0.247 e. The van der Waals surface area contributed by atoms with Gasteiger partial charge >= 0.3 is 0 Å². The number of hydrogen-bond acceptors (Lipinski definition) is 7. The van der Waals surface area contributed by atoms with Crippen LogP contribution in [0.25, 0.3) is 0 Å². The first-order valence-electron chi connectivity index (χ1n) is 9.74. The lowest BCUT2D eigenvalue weighted by Crippen LogP contribution is -2.47. The van der Waals surface area contributed by atoms with Gasteiger partial charge in [0.1, 0.15) is 5.82 Å². The summed E-state index contributed by atoms with van der Waals surface area (Å²) in [6, 6.07) is 10.7. The second-order valence-electron chi connectivity index (χ2n) is 7.09. The molecule has 1 aliphatic heterocycles. The molecule has 7 nitrogen and oxygen atoms in total. The average molecular weight is 393 g/mol. The Hall–Kier alpha value is -3.29. The van der Waals surface area contributed by atoms with Gasteiger partial charge in [-0.1, -0.05) is 0 Å². The fourth-order valence-corrected chi connectivity index (χ4v) is 3.39. The van der Waals surface area contributed by atoms with E-state index in [1.807, 2.05) is 36.2 Å². The molecule has 29 heavy (non-hydrogen) atoms. The van der Waals surface area contributed by atoms with Gasteiger partial charge in [-0.15, -0.1) is 5.10 Å². The van der Waals surface area contributed by atoms with E-state index in [0.717, 1.165) is 50.6 Å². The molecular weight excluding hydrogens is 369 g/mol. The molecule has 8 heteroatoms. The van der Waals surface area contributed by atoms with Crippen LogP contribution in [0.2, 0.25) is 0 Å². The van der Waals surface area contributed by atoms with Crippen LogP contribution in [0.1, 0.15) is 5.56 Å². The minimum Gasteiger partial charge on any atom is -0.368 e. The molecular formula is C21H24FN7. The average Bonchev–Trinajstić information content (AvgIpc) is 2.79. The van der Waals surface area contributed by atoms with Crippen molar-refractivity contribution in [1.82, 2.24) is 20.2 Å². The van der Waals surface area contributed by atoms with Gasteiger partial charge < -0.3 is 14.7 Å². The highest BCUT2D eigenvalue weighted by atomic mass is 19.1. The van der Waals surface area contributed by atoms with Crippen molar-refractivity contribution in [3.05, 3.63) is 66.4 Å². The van der Waals surface area contributed by atoms with Gasteiger partial charge in [0.25, 0.3) is 0 Å². The van der Waals surface area contributed by atoms with Crippen LogP contribution < -0.4 is 14.7 Å². The van der Waals surface area contributed by atoms with Crippen LogP contribution in [0, 0.1) is 5.82 Å². The predicted molar refractivity (Wildman–Crippen MR) is 112 cm³/mol. The van der Waals surface area contributed by atoms with E-state index in [0.29, 0.717) is 5.95 Å². The highest BCUT2D eigenvalue weighted by Crippen LogP contribution is 2.20. The van der Waals surface area contributed by atoms with Gasteiger partial charge in [-0.05, 0) is 48.4 Å². The smallest absolute Gasteiger partial charge is 0.247 e. The molecule has 0 N–H and O–H groups in total. The summed E-state index contributed by atoms with van der Waals surface area (Å²) < 4.78 is 13.1. The number of piperazine rings is 1. The first-order valence-corrected chi connectivity index (χ1v) is 9.74. The van der Waals surface area contributed by atoms with E-state index in [-0.39, 0.29) is 5.82 Å². The molecule has 1 aliphatic rings. The number of rotatable bonds is 6. The van der Waals surface area contributed by atoms with Crippen molar-refractivity contribution in [3.63, 3.8) is 0 Å². The highest BCUT2D eigenvalue weighted by Gasteiger charge is 2.19. The maximum atomic E-state index is 13.1. The Morgan fingerprint density at radius 3 is 2.38 bits per heavy atom. The molecule has 2 aromatic heterocycles. The third kappa shape index (κ3) is 4.77. The number of halogens is 1.